The van der Waals surface area contributed by atoms with Gasteiger partial charge in [-0.1, -0.05) is 12.1 Å². The summed E-state index contributed by atoms with van der Waals surface area (Å²) in [6, 6.07) is 11.5. The van der Waals surface area contributed by atoms with Crippen LogP contribution in [-0.2, 0) is 24.4 Å². The van der Waals surface area contributed by atoms with Gasteiger partial charge in [0.1, 0.15) is 0 Å². The van der Waals surface area contributed by atoms with Crippen LogP contribution in [0.15, 0.2) is 67.4 Å². The Labute approximate surface area is 152 Å². The van der Waals surface area contributed by atoms with Crippen LogP contribution in [0.1, 0.15) is 17.1 Å². The lowest BCUT2D eigenvalue weighted by atomic mass is 10.3. The number of carbonyl (C=O) groups excluding carboxylic acids is 1. The average Bonchev–Trinajstić information content (AvgIpc) is 2.69. The maximum Gasteiger partial charge on any atom is 0.234 e. The van der Waals surface area contributed by atoms with Gasteiger partial charge in [-0.25, -0.2) is 0 Å². The predicted octanol–water partition coefficient (Wildman–Crippen LogP) is 1.59. The molecule has 0 radical (unpaired) electrons. The normalized spacial score (nSPS) is 10.7. The Kier molecular flexibility index (Phi) is 6.33. The van der Waals surface area contributed by atoms with E-state index in [1.54, 1.807) is 31.0 Å². The fourth-order valence-corrected chi connectivity index (χ4v) is 2.48. The zero-order chi connectivity index (χ0) is 18.0. The lowest BCUT2D eigenvalue weighted by molar-refractivity contribution is -0.122. The zero-order valence-corrected chi connectivity index (χ0v) is 14.3. The summed E-state index contributed by atoms with van der Waals surface area (Å²) in [4.78, 5) is 31.2. The quantitative estimate of drug-likeness (QED) is 0.665. The topological polar surface area (TPSA) is 83.9 Å². The average molecular weight is 348 g/mol. The van der Waals surface area contributed by atoms with Gasteiger partial charge in [0.15, 0.2) is 0 Å². The molecule has 7 heteroatoms. The number of carbonyl (C=O) groups is 1. The third kappa shape index (κ3) is 5.71. The molecule has 0 spiro atoms. The fraction of sp³-hybridized carbons (Fsp3) is 0.211. The van der Waals surface area contributed by atoms with Crippen molar-refractivity contribution >= 4 is 5.91 Å². The molecule has 0 aliphatic heterocycles. The van der Waals surface area contributed by atoms with E-state index in [2.05, 4.69) is 25.3 Å². The minimum absolute atomic E-state index is 0.0810. The molecule has 3 aromatic heterocycles. The number of aromatic nitrogens is 4. The van der Waals surface area contributed by atoms with Gasteiger partial charge in [0.2, 0.25) is 5.91 Å². The van der Waals surface area contributed by atoms with Crippen LogP contribution in [0.3, 0.4) is 0 Å². The van der Waals surface area contributed by atoms with Gasteiger partial charge in [0.05, 0.1) is 36.4 Å². The third-order valence-corrected chi connectivity index (χ3v) is 3.67. The highest BCUT2D eigenvalue weighted by Crippen LogP contribution is 2.06. The molecule has 0 aliphatic rings. The molecule has 0 aromatic carbocycles. The summed E-state index contributed by atoms with van der Waals surface area (Å²) >= 11 is 0. The Morgan fingerprint density at radius 2 is 1.50 bits per heavy atom. The molecule has 0 saturated heterocycles. The number of pyridine rings is 2. The Balaban J connectivity index is 1.61. The molecule has 3 rings (SSSR count). The van der Waals surface area contributed by atoms with E-state index in [9.17, 15) is 4.79 Å². The molecule has 3 aromatic rings. The molecule has 0 aliphatic carbocycles. The van der Waals surface area contributed by atoms with E-state index >= 15 is 0 Å². The van der Waals surface area contributed by atoms with Gasteiger partial charge in [-0.3, -0.25) is 29.6 Å². The summed E-state index contributed by atoms with van der Waals surface area (Å²) in [6.07, 6.45) is 8.35. The minimum atomic E-state index is -0.0810. The second-order valence-corrected chi connectivity index (χ2v) is 5.76. The van der Waals surface area contributed by atoms with Crippen LogP contribution in [0.5, 0.6) is 0 Å². The first-order valence-electron chi connectivity index (χ1n) is 8.33. The van der Waals surface area contributed by atoms with Gasteiger partial charge in [0.25, 0.3) is 0 Å². The number of nitrogens with zero attached hydrogens (tertiary/aromatic N) is 5. The van der Waals surface area contributed by atoms with Gasteiger partial charge < -0.3 is 5.32 Å². The summed E-state index contributed by atoms with van der Waals surface area (Å²) in [5, 5.41) is 2.88. The van der Waals surface area contributed by atoms with Crippen LogP contribution in [-0.4, -0.2) is 37.3 Å². The minimum Gasteiger partial charge on any atom is -0.349 e. The lowest BCUT2D eigenvalue weighted by Crippen LogP contribution is -2.36. The number of amides is 1. The monoisotopic (exact) mass is 348 g/mol. The Hall–Kier alpha value is -3.19. The van der Waals surface area contributed by atoms with Gasteiger partial charge in [-0.2, -0.15) is 0 Å². The first-order chi connectivity index (χ1) is 12.8. The van der Waals surface area contributed by atoms with Crippen molar-refractivity contribution in [2.45, 2.75) is 19.6 Å². The molecule has 1 amide bonds. The largest absolute Gasteiger partial charge is 0.349 e. The van der Waals surface area contributed by atoms with E-state index in [0.29, 0.717) is 19.6 Å². The van der Waals surface area contributed by atoms with Crippen LogP contribution < -0.4 is 5.32 Å². The maximum absolute atomic E-state index is 12.4. The van der Waals surface area contributed by atoms with Gasteiger partial charge >= 0.3 is 0 Å². The number of hydrogen-bond acceptors (Lipinski definition) is 6. The Morgan fingerprint density at radius 1 is 0.846 bits per heavy atom. The lowest BCUT2D eigenvalue weighted by Gasteiger charge is -2.21. The standard InChI is InChI=1S/C19H20N6O/c26-19(24-12-18-11-20-9-10-23-18)15-25(13-16-5-1-3-7-21-16)14-17-6-2-4-8-22-17/h1-11H,12-15H2,(H,24,26). The second-order valence-electron chi connectivity index (χ2n) is 5.76. The summed E-state index contributed by atoms with van der Waals surface area (Å²) in [7, 11) is 0. The first kappa shape index (κ1) is 17.6. The fourth-order valence-electron chi connectivity index (χ4n) is 2.48. The van der Waals surface area contributed by atoms with Gasteiger partial charge in [-0.15, -0.1) is 0 Å². The second kappa shape index (κ2) is 9.33. The van der Waals surface area contributed by atoms with Crippen LogP contribution in [0.4, 0.5) is 0 Å². The van der Waals surface area contributed by atoms with Gasteiger partial charge in [0, 0.05) is 37.9 Å². The SMILES string of the molecule is O=C(CN(Cc1ccccn1)Cc1ccccn1)NCc1cnccn1. The molecule has 132 valence electrons. The highest BCUT2D eigenvalue weighted by atomic mass is 16.2. The Bertz CT molecular complexity index is 757. The molecule has 7 nitrogen and oxygen atoms in total. The number of hydrogen-bond donors (Lipinski definition) is 1. The zero-order valence-electron chi connectivity index (χ0n) is 14.3. The number of nitrogens with one attached hydrogen (secondary N) is 1. The highest BCUT2D eigenvalue weighted by molar-refractivity contribution is 5.77. The summed E-state index contributed by atoms with van der Waals surface area (Å²) < 4.78 is 0. The summed E-state index contributed by atoms with van der Waals surface area (Å²) in [5.74, 6) is -0.0810. The molecular formula is C19H20N6O. The van der Waals surface area contributed by atoms with E-state index in [1.807, 2.05) is 41.3 Å². The molecular weight excluding hydrogens is 328 g/mol. The maximum atomic E-state index is 12.4. The Morgan fingerprint density at radius 3 is 2.04 bits per heavy atom. The van der Waals surface area contributed by atoms with Crippen molar-refractivity contribution in [2.24, 2.45) is 0 Å². The van der Waals surface area contributed by atoms with E-state index in [1.165, 1.54) is 0 Å². The van der Waals surface area contributed by atoms with Crippen molar-refractivity contribution in [3.8, 4) is 0 Å². The first-order valence-corrected chi connectivity index (χ1v) is 8.33. The van der Waals surface area contributed by atoms with E-state index in [-0.39, 0.29) is 12.5 Å². The molecule has 1 N–H and O–H groups in total. The molecule has 0 fully saturated rings. The molecule has 0 bridgehead atoms. The van der Waals surface area contributed by atoms with Crippen molar-refractivity contribution in [1.82, 2.24) is 30.2 Å². The third-order valence-electron chi connectivity index (χ3n) is 3.67. The van der Waals surface area contributed by atoms with Gasteiger partial charge in [-0.05, 0) is 24.3 Å². The van der Waals surface area contributed by atoms with E-state index in [0.717, 1.165) is 17.1 Å². The van der Waals surface area contributed by atoms with Crippen LogP contribution in [0, 0.1) is 0 Å². The van der Waals surface area contributed by atoms with E-state index < -0.39 is 0 Å². The summed E-state index contributed by atoms with van der Waals surface area (Å²) in [5.41, 5.74) is 2.54. The van der Waals surface area contributed by atoms with Crippen molar-refractivity contribution in [1.29, 1.82) is 0 Å². The molecule has 0 atom stereocenters. The van der Waals surface area contributed by atoms with E-state index in [4.69, 9.17) is 0 Å². The van der Waals surface area contributed by atoms with Crippen molar-refractivity contribution in [2.75, 3.05) is 6.54 Å². The van der Waals surface area contributed by atoms with Crippen LogP contribution >= 0.6 is 0 Å². The highest BCUT2D eigenvalue weighted by Gasteiger charge is 2.13. The number of rotatable bonds is 8. The van der Waals surface area contributed by atoms with Crippen molar-refractivity contribution < 1.29 is 4.79 Å². The molecule has 26 heavy (non-hydrogen) atoms. The van der Waals surface area contributed by atoms with Crippen LogP contribution in [0.25, 0.3) is 0 Å². The predicted molar refractivity (Wildman–Crippen MR) is 96.5 cm³/mol. The molecule has 0 saturated carbocycles. The molecule has 3 heterocycles. The summed E-state index contributed by atoms with van der Waals surface area (Å²) in [6.45, 7) is 1.73. The molecule has 0 unspecified atom stereocenters. The van der Waals surface area contributed by atoms with Crippen molar-refractivity contribution in [3.05, 3.63) is 84.5 Å². The van der Waals surface area contributed by atoms with Crippen LogP contribution in [0.2, 0.25) is 0 Å². The van der Waals surface area contributed by atoms with Crippen molar-refractivity contribution in [3.63, 3.8) is 0 Å². The smallest absolute Gasteiger partial charge is 0.234 e.